The quantitative estimate of drug-likeness (QED) is 0.709. The van der Waals surface area contributed by atoms with Gasteiger partial charge in [-0.1, -0.05) is 0 Å². The molecule has 0 spiro atoms. The molecular weight excluding hydrogens is 438 g/mol. The van der Waals surface area contributed by atoms with Crippen molar-refractivity contribution in [2.75, 3.05) is 31.5 Å². The number of carbonyl (C=O) groups excluding carboxylic acids is 1. The van der Waals surface area contributed by atoms with Crippen LogP contribution in [0.4, 0.5) is 5.69 Å². The molecule has 2 aromatic rings. The fourth-order valence-corrected chi connectivity index (χ4v) is 6.88. The normalized spacial score (nSPS) is 18.3. The van der Waals surface area contributed by atoms with E-state index in [0.717, 1.165) is 25.7 Å². The highest BCUT2D eigenvalue weighted by Crippen LogP contribution is 2.23. The Bertz CT molecular complexity index is 1150. The molecule has 2 heterocycles. The number of carbonyl (C=O) groups is 1. The summed E-state index contributed by atoms with van der Waals surface area (Å²) < 4.78 is 53.3. The van der Waals surface area contributed by atoms with Crippen LogP contribution in [-0.4, -0.2) is 57.5 Å². The molecule has 2 aliphatic heterocycles. The minimum Gasteiger partial charge on any atom is -0.322 e. The Kier molecular flexibility index (Phi) is 6.16. The first kappa shape index (κ1) is 21.9. The lowest BCUT2D eigenvalue weighted by atomic mass is 10.2. The van der Waals surface area contributed by atoms with Gasteiger partial charge < -0.3 is 5.32 Å². The van der Waals surface area contributed by atoms with E-state index in [2.05, 4.69) is 5.32 Å². The molecule has 2 aromatic carbocycles. The maximum absolute atomic E-state index is 12.6. The minimum absolute atomic E-state index is 0.169. The van der Waals surface area contributed by atoms with E-state index < -0.39 is 26.0 Å². The van der Waals surface area contributed by atoms with Gasteiger partial charge in [-0.3, -0.25) is 4.79 Å². The first-order chi connectivity index (χ1) is 14.8. The standard InChI is InChI=1S/C21H25N3O5S2/c25-21(17-5-9-19(10-6-17)30(26,27)23-13-1-2-14-23)22-18-7-11-20(12-8-18)31(28,29)24-15-3-4-16-24/h5-12H,1-4,13-16H2,(H,22,25). The fraction of sp³-hybridized carbons (Fsp3) is 0.381. The van der Waals surface area contributed by atoms with Crippen molar-refractivity contribution >= 4 is 31.6 Å². The first-order valence-electron chi connectivity index (χ1n) is 10.3. The number of anilines is 1. The summed E-state index contributed by atoms with van der Waals surface area (Å²) in [5, 5.41) is 2.71. The van der Waals surface area contributed by atoms with E-state index in [1.54, 1.807) is 12.1 Å². The Morgan fingerprint density at radius 2 is 1.03 bits per heavy atom. The summed E-state index contributed by atoms with van der Waals surface area (Å²) in [4.78, 5) is 12.9. The molecule has 0 atom stereocenters. The fourth-order valence-electron chi connectivity index (χ4n) is 3.85. The third-order valence-electron chi connectivity index (χ3n) is 5.63. The van der Waals surface area contributed by atoms with Crippen molar-refractivity contribution in [3.8, 4) is 0 Å². The molecule has 8 nitrogen and oxygen atoms in total. The predicted octanol–water partition coefficient (Wildman–Crippen LogP) is 2.51. The third kappa shape index (κ3) is 4.52. The SMILES string of the molecule is O=C(Nc1ccc(S(=O)(=O)N2CCCC2)cc1)c1ccc(S(=O)(=O)N2CCCC2)cc1. The van der Waals surface area contributed by atoms with E-state index in [0.29, 0.717) is 37.4 Å². The van der Waals surface area contributed by atoms with Gasteiger partial charge in [-0.15, -0.1) is 0 Å². The van der Waals surface area contributed by atoms with Crippen molar-refractivity contribution in [2.24, 2.45) is 0 Å². The Morgan fingerprint density at radius 3 is 1.45 bits per heavy atom. The van der Waals surface area contributed by atoms with Crippen molar-refractivity contribution in [3.05, 3.63) is 54.1 Å². The monoisotopic (exact) mass is 463 g/mol. The molecule has 2 fully saturated rings. The summed E-state index contributed by atoms with van der Waals surface area (Å²) in [6, 6.07) is 11.9. The summed E-state index contributed by atoms with van der Waals surface area (Å²) in [7, 11) is -7.03. The van der Waals surface area contributed by atoms with Crippen molar-refractivity contribution in [1.29, 1.82) is 0 Å². The number of hydrogen-bond acceptors (Lipinski definition) is 5. The topological polar surface area (TPSA) is 104 Å². The number of nitrogens with zero attached hydrogens (tertiary/aromatic N) is 2. The van der Waals surface area contributed by atoms with Gasteiger partial charge in [0.15, 0.2) is 0 Å². The molecule has 0 saturated carbocycles. The van der Waals surface area contributed by atoms with Crippen molar-refractivity contribution in [3.63, 3.8) is 0 Å². The molecule has 4 rings (SSSR count). The van der Waals surface area contributed by atoms with E-state index in [9.17, 15) is 21.6 Å². The summed E-state index contributed by atoms with van der Waals surface area (Å²) in [6.45, 7) is 2.11. The first-order valence-corrected chi connectivity index (χ1v) is 13.2. The zero-order chi connectivity index (χ0) is 22.1. The van der Waals surface area contributed by atoms with Crippen LogP contribution in [-0.2, 0) is 20.0 Å². The molecular formula is C21H25N3O5S2. The summed E-state index contributed by atoms with van der Waals surface area (Å²) in [5.41, 5.74) is 0.772. The van der Waals surface area contributed by atoms with Gasteiger partial charge in [0.25, 0.3) is 5.91 Å². The van der Waals surface area contributed by atoms with Crippen LogP contribution in [0.5, 0.6) is 0 Å². The number of benzene rings is 2. The molecule has 1 amide bonds. The van der Waals surface area contributed by atoms with Gasteiger partial charge in [-0.05, 0) is 74.2 Å². The lowest BCUT2D eigenvalue weighted by molar-refractivity contribution is 0.102. The van der Waals surface area contributed by atoms with Crippen LogP contribution >= 0.6 is 0 Å². The maximum atomic E-state index is 12.6. The molecule has 10 heteroatoms. The number of hydrogen-bond donors (Lipinski definition) is 1. The molecule has 0 aromatic heterocycles. The number of sulfonamides is 2. The number of nitrogens with one attached hydrogen (secondary N) is 1. The Labute approximate surface area is 183 Å². The maximum Gasteiger partial charge on any atom is 0.255 e. The van der Waals surface area contributed by atoms with Crippen LogP contribution in [0.25, 0.3) is 0 Å². The highest BCUT2D eigenvalue weighted by atomic mass is 32.2. The number of rotatable bonds is 6. The molecule has 0 bridgehead atoms. The van der Waals surface area contributed by atoms with Crippen LogP contribution in [0.2, 0.25) is 0 Å². The van der Waals surface area contributed by atoms with Crippen LogP contribution in [0, 0.1) is 0 Å². The summed E-state index contributed by atoms with van der Waals surface area (Å²) in [5.74, 6) is -0.403. The van der Waals surface area contributed by atoms with Crippen LogP contribution in [0.15, 0.2) is 58.3 Å². The molecule has 0 aliphatic carbocycles. The zero-order valence-corrected chi connectivity index (χ0v) is 18.7. The zero-order valence-electron chi connectivity index (χ0n) is 17.0. The van der Waals surface area contributed by atoms with E-state index in [-0.39, 0.29) is 9.79 Å². The predicted molar refractivity (Wildman–Crippen MR) is 117 cm³/mol. The van der Waals surface area contributed by atoms with Gasteiger partial charge in [-0.25, -0.2) is 16.8 Å². The smallest absolute Gasteiger partial charge is 0.255 e. The Balaban J connectivity index is 1.43. The van der Waals surface area contributed by atoms with Crippen molar-refractivity contribution in [2.45, 2.75) is 35.5 Å². The van der Waals surface area contributed by atoms with Crippen LogP contribution in [0.3, 0.4) is 0 Å². The molecule has 0 unspecified atom stereocenters. The summed E-state index contributed by atoms with van der Waals surface area (Å²) in [6.07, 6.45) is 3.45. The van der Waals surface area contributed by atoms with Gasteiger partial charge >= 0.3 is 0 Å². The van der Waals surface area contributed by atoms with Crippen LogP contribution in [0.1, 0.15) is 36.0 Å². The Hall–Kier alpha value is -2.27. The van der Waals surface area contributed by atoms with Crippen molar-refractivity contribution in [1.82, 2.24) is 8.61 Å². The Morgan fingerprint density at radius 1 is 0.645 bits per heavy atom. The second-order valence-corrected chi connectivity index (χ2v) is 11.6. The molecule has 31 heavy (non-hydrogen) atoms. The minimum atomic E-state index is -3.53. The van der Waals surface area contributed by atoms with Crippen LogP contribution < -0.4 is 5.32 Å². The molecule has 1 N–H and O–H groups in total. The van der Waals surface area contributed by atoms with E-state index >= 15 is 0 Å². The van der Waals surface area contributed by atoms with Crippen molar-refractivity contribution < 1.29 is 21.6 Å². The highest BCUT2D eigenvalue weighted by Gasteiger charge is 2.28. The lowest BCUT2D eigenvalue weighted by Crippen LogP contribution is -2.28. The van der Waals surface area contributed by atoms with Gasteiger partial charge in [0.05, 0.1) is 9.79 Å². The average Bonchev–Trinajstić information content (AvgIpc) is 3.49. The molecule has 0 radical (unpaired) electrons. The van der Waals surface area contributed by atoms with Gasteiger partial charge in [-0.2, -0.15) is 8.61 Å². The average molecular weight is 464 g/mol. The molecule has 2 saturated heterocycles. The third-order valence-corrected chi connectivity index (χ3v) is 9.46. The van der Waals surface area contributed by atoms with E-state index in [1.165, 1.54) is 45.0 Å². The largest absolute Gasteiger partial charge is 0.322 e. The van der Waals surface area contributed by atoms with E-state index in [4.69, 9.17) is 0 Å². The number of amides is 1. The molecule has 166 valence electrons. The van der Waals surface area contributed by atoms with Gasteiger partial charge in [0, 0.05) is 37.4 Å². The highest BCUT2D eigenvalue weighted by molar-refractivity contribution is 7.89. The van der Waals surface area contributed by atoms with Gasteiger partial charge in [0.1, 0.15) is 0 Å². The summed E-state index contributed by atoms with van der Waals surface area (Å²) >= 11 is 0. The molecule has 2 aliphatic rings. The second kappa shape index (κ2) is 8.70. The second-order valence-electron chi connectivity index (χ2n) is 7.73. The van der Waals surface area contributed by atoms with E-state index in [1.807, 2.05) is 0 Å². The lowest BCUT2D eigenvalue weighted by Gasteiger charge is -2.16. The van der Waals surface area contributed by atoms with Gasteiger partial charge in [0.2, 0.25) is 20.0 Å².